The number of rotatable bonds is 5. The average molecular weight is 309 g/mol. The Morgan fingerprint density at radius 3 is 2.85 bits per heavy atom. The Bertz CT molecular complexity index is 664. The molecule has 2 aromatic rings. The van der Waals surface area contributed by atoms with Gasteiger partial charge in [-0.05, 0) is 12.1 Å². The minimum absolute atomic E-state index is 0.100. The number of thioether (sulfide) groups is 1. The van der Waals surface area contributed by atoms with Gasteiger partial charge in [0.25, 0.3) is 5.69 Å². The van der Waals surface area contributed by atoms with Gasteiger partial charge in [0.2, 0.25) is 0 Å². The van der Waals surface area contributed by atoms with Crippen LogP contribution >= 0.6 is 23.4 Å². The quantitative estimate of drug-likeness (QED) is 0.365. The van der Waals surface area contributed by atoms with E-state index in [0.29, 0.717) is 15.6 Å². The van der Waals surface area contributed by atoms with Crippen LogP contribution in [0.1, 0.15) is 10.4 Å². The van der Waals surface area contributed by atoms with Gasteiger partial charge in [0, 0.05) is 23.9 Å². The molecular weight excluding hydrogens is 300 g/mol. The molecular formula is C13H9ClN2O3S. The Morgan fingerprint density at radius 1 is 1.35 bits per heavy atom. The maximum atomic E-state index is 12.0. The average Bonchev–Trinajstić information content (AvgIpc) is 2.46. The van der Waals surface area contributed by atoms with Gasteiger partial charge in [-0.3, -0.25) is 14.9 Å². The number of benzene rings is 1. The van der Waals surface area contributed by atoms with E-state index in [9.17, 15) is 14.9 Å². The van der Waals surface area contributed by atoms with Crippen molar-refractivity contribution in [1.29, 1.82) is 0 Å². The highest BCUT2D eigenvalue weighted by molar-refractivity contribution is 8.00. The number of aromatic nitrogens is 1. The van der Waals surface area contributed by atoms with Crippen molar-refractivity contribution in [3.63, 3.8) is 0 Å². The summed E-state index contributed by atoms with van der Waals surface area (Å²) in [7, 11) is 0. The Morgan fingerprint density at radius 2 is 2.15 bits per heavy atom. The molecule has 0 aliphatic carbocycles. The summed E-state index contributed by atoms with van der Waals surface area (Å²) in [5.41, 5.74) is 0.204. The molecule has 0 bridgehead atoms. The summed E-state index contributed by atoms with van der Waals surface area (Å²) in [5, 5.41) is 11.7. The minimum Gasteiger partial charge on any atom is -0.293 e. The molecule has 2 rings (SSSR count). The number of nitrogens with zero attached hydrogens (tertiary/aromatic N) is 2. The largest absolute Gasteiger partial charge is 0.293 e. The summed E-state index contributed by atoms with van der Waals surface area (Å²) in [4.78, 5) is 26.2. The molecule has 1 aromatic heterocycles. The molecule has 7 heteroatoms. The number of ketones is 1. The summed E-state index contributed by atoms with van der Waals surface area (Å²) < 4.78 is 0. The summed E-state index contributed by atoms with van der Waals surface area (Å²) in [5.74, 6) is -0.0850. The van der Waals surface area contributed by atoms with Crippen LogP contribution in [0.4, 0.5) is 5.69 Å². The number of Topliss-reactive ketones (excluding diaryl/α,β-unsaturated/α-hetero) is 1. The lowest BCUT2D eigenvalue weighted by atomic mass is 10.1. The molecule has 1 aromatic carbocycles. The third-order valence-electron chi connectivity index (χ3n) is 2.44. The van der Waals surface area contributed by atoms with Crippen molar-refractivity contribution in [3.8, 4) is 0 Å². The molecule has 102 valence electrons. The Kier molecular flexibility index (Phi) is 4.70. The molecule has 5 nitrogen and oxygen atoms in total. The molecule has 0 radical (unpaired) electrons. The van der Waals surface area contributed by atoms with Crippen molar-refractivity contribution < 1.29 is 9.72 Å². The summed E-state index contributed by atoms with van der Waals surface area (Å²) in [6.45, 7) is 0. The second-order valence-electron chi connectivity index (χ2n) is 3.81. The summed E-state index contributed by atoms with van der Waals surface area (Å²) in [6, 6.07) is 9.05. The van der Waals surface area contributed by atoms with Gasteiger partial charge in [-0.15, -0.1) is 0 Å². The van der Waals surface area contributed by atoms with E-state index in [-0.39, 0.29) is 17.2 Å². The zero-order chi connectivity index (χ0) is 14.5. The van der Waals surface area contributed by atoms with Gasteiger partial charge in [-0.2, -0.15) is 0 Å². The number of carbonyl (C=O) groups excluding carboxylic acids is 1. The van der Waals surface area contributed by atoms with Crippen LogP contribution in [0.25, 0.3) is 0 Å². The maximum Gasteiger partial charge on any atom is 0.270 e. The number of non-ortho nitro benzene ring substituents is 1. The fourth-order valence-electron chi connectivity index (χ4n) is 1.49. The lowest BCUT2D eigenvalue weighted by molar-refractivity contribution is -0.384. The molecule has 0 amide bonds. The lowest BCUT2D eigenvalue weighted by Crippen LogP contribution is -2.03. The number of hydrogen-bond donors (Lipinski definition) is 0. The Hall–Kier alpha value is -1.92. The predicted octanol–water partition coefficient (Wildman–Crippen LogP) is 3.62. The molecule has 0 aliphatic heterocycles. The number of pyridine rings is 1. The third kappa shape index (κ3) is 3.55. The van der Waals surface area contributed by atoms with Crippen molar-refractivity contribution >= 4 is 34.8 Å². The fraction of sp³-hybridized carbons (Fsp3) is 0.0769. The van der Waals surface area contributed by atoms with Gasteiger partial charge < -0.3 is 0 Å². The van der Waals surface area contributed by atoms with E-state index in [1.807, 2.05) is 0 Å². The zero-order valence-electron chi connectivity index (χ0n) is 10.2. The molecule has 0 unspecified atom stereocenters. The first-order valence-corrected chi connectivity index (χ1v) is 6.95. The van der Waals surface area contributed by atoms with Crippen LogP contribution in [0.5, 0.6) is 0 Å². The van der Waals surface area contributed by atoms with Crippen LogP contribution < -0.4 is 0 Å². The summed E-state index contributed by atoms with van der Waals surface area (Å²) >= 11 is 7.14. The monoisotopic (exact) mass is 308 g/mol. The highest BCUT2D eigenvalue weighted by Crippen LogP contribution is 2.25. The number of hydrogen-bond acceptors (Lipinski definition) is 5. The fourth-order valence-corrected chi connectivity index (χ4v) is 2.55. The Balaban J connectivity index is 2.07. The molecule has 20 heavy (non-hydrogen) atoms. The van der Waals surface area contributed by atoms with Gasteiger partial charge in [0.1, 0.15) is 5.03 Å². The smallest absolute Gasteiger partial charge is 0.270 e. The van der Waals surface area contributed by atoms with Gasteiger partial charge in [0.15, 0.2) is 5.78 Å². The molecule has 1 heterocycles. The first-order chi connectivity index (χ1) is 9.58. The van der Waals surface area contributed by atoms with Crippen molar-refractivity contribution in [2.75, 3.05) is 5.75 Å². The van der Waals surface area contributed by atoms with Gasteiger partial charge in [-0.1, -0.05) is 35.5 Å². The van der Waals surface area contributed by atoms with E-state index in [1.54, 1.807) is 24.4 Å². The minimum atomic E-state index is -0.528. The van der Waals surface area contributed by atoms with Crippen molar-refractivity contribution in [1.82, 2.24) is 4.98 Å². The van der Waals surface area contributed by atoms with Crippen LogP contribution in [0, 0.1) is 10.1 Å². The van der Waals surface area contributed by atoms with Crippen molar-refractivity contribution in [3.05, 3.63) is 63.3 Å². The van der Waals surface area contributed by atoms with E-state index in [0.717, 1.165) is 0 Å². The standard InChI is InChI=1S/C13H9ClN2O3S/c14-11-5-2-6-15-13(11)20-8-12(17)9-3-1-4-10(7-9)16(18)19/h1-7H,8H2. The molecule has 0 N–H and O–H groups in total. The van der Waals surface area contributed by atoms with E-state index < -0.39 is 4.92 Å². The van der Waals surface area contributed by atoms with Crippen molar-refractivity contribution in [2.24, 2.45) is 0 Å². The van der Waals surface area contributed by atoms with E-state index in [4.69, 9.17) is 11.6 Å². The van der Waals surface area contributed by atoms with Crippen LogP contribution in [0.15, 0.2) is 47.6 Å². The van der Waals surface area contributed by atoms with Crippen LogP contribution in [-0.2, 0) is 0 Å². The lowest BCUT2D eigenvalue weighted by Gasteiger charge is -2.02. The normalized spacial score (nSPS) is 10.2. The van der Waals surface area contributed by atoms with Crippen LogP contribution in [-0.4, -0.2) is 21.4 Å². The van der Waals surface area contributed by atoms with Crippen molar-refractivity contribution in [2.45, 2.75) is 5.03 Å². The first-order valence-electron chi connectivity index (χ1n) is 5.59. The Labute approximate surface area is 124 Å². The van der Waals surface area contributed by atoms with E-state index >= 15 is 0 Å². The topological polar surface area (TPSA) is 73.1 Å². The first kappa shape index (κ1) is 14.5. The molecule has 0 spiro atoms. The molecule has 0 fully saturated rings. The molecule has 0 saturated heterocycles. The maximum absolute atomic E-state index is 12.0. The van der Waals surface area contributed by atoms with Crippen LogP contribution in [0.2, 0.25) is 5.02 Å². The second kappa shape index (κ2) is 6.49. The number of halogens is 1. The van der Waals surface area contributed by atoms with Crippen LogP contribution in [0.3, 0.4) is 0 Å². The van der Waals surface area contributed by atoms with E-state index in [2.05, 4.69) is 4.98 Å². The second-order valence-corrected chi connectivity index (χ2v) is 5.18. The highest BCUT2D eigenvalue weighted by Gasteiger charge is 2.12. The predicted molar refractivity (Wildman–Crippen MR) is 77.4 cm³/mol. The number of nitro groups is 1. The molecule has 0 saturated carbocycles. The molecule has 0 atom stereocenters. The molecule has 0 aliphatic rings. The SMILES string of the molecule is O=C(CSc1ncccc1Cl)c1cccc([N+](=O)[O-])c1. The van der Waals surface area contributed by atoms with E-state index in [1.165, 1.54) is 30.0 Å². The summed E-state index contributed by atoms with van der Waals surface area (Å²) in [6.07, 6.45) is 1.59. The number of carbonyl (C=O) groups is 1. The van der Waals surface area contributed by atoms with Gasteiger partial charge in [-0.25, -0.2) is 4.98 Å². The van der Waals surface area contributed by atoms with Gasteiger partial charge in [0.05, 0.1) is 15.7 Å². The number of nitro benzene ring substituents is 1. The zero-order valence-corrected chi connectivity index (χ0v) is 11.7. The van der Waals surface area contributed by atoms with Gasteiger partial charge >= 0.3 is 0 Å². The third-order valence-corrected chi connectivity index (χ3v) is 3.87. The highest BCUT2D eigenvalue weighted by atomic mass is 35.5.